The standard InChI is InChI=1S/C25H36FN9O4/c1-4-38-23-13-29-21(12-30-23)32-24(36)34(3)19-15-35(10-6-17(19)26)22-11-16(5-8-28-22)31-25(37)39-20-7-9-33(2)14-18(20)27/h5,8,11-13,17-20H,4,6-7,9-10,14-15,27H2,1-3H3,(H,28,31,37)(H,29,32,36)/t17-,18+,19+,20-/m1/s1. The number of carbonyl (C=O) groups excluding carboxylic acids is 2. The minimum atomic E-state index is -1.22. The number of hydrogen-bond donors (Lipinski definition) is 3. The molecule has 4 rings (SSSR count). The highest BCUT2D eigenvalue weighted by atomic mass is 19.1. The number of likely N-dealkylation sites (tertiary alicyclic amines) is 1. The number of piperidine rings is 2. The number of pyridine rings is 1. The molecule has 2 aliphatic rings. The van der Waals surface area contributed by atoms with Gasteiger partial charge < -0.3 is 29.9 Å². The zero-order chi connectivity index (χ0) is 27.9. The Morgan fingerprint density at radius 3 is 2.72 bits per heavy atom. The number of nitrogens with one attached hydrogen (secondary N) is 2. The predicted octanol–water partition coefficient (Wildman–Crippen LogP) is 1.93. The number of halogens is 1. The van der Waals surface area contributed by atoms with Gasteiger partial charge in [0.05, 0.1) is 31.1 Å². The second kappa shape index (κ2) is 12.8. The van der Waals surface area contributed by atoms with Crippen molar-refractivity contribution in [2.24, 2.45) is 5.73 Å². The molecule has 0 aliphatic carbocycles. The SMILES string of the molecule is CCOc1cnc(NC(=O)N(C)[C@H]2CN(c3cc(NC(=O)O[C@@H]4CCN(C)C[C@@H]4N)ccn3)CC[C@H]2F)cn1. The van der Waals surface area contributed by atoms with Crippen LogP contribution in [0.5, 0.6) is 5.88 Å². The van der Waals surface area contributed by atoms with E-state index in [1.807, 2.05) is 18.9 Å². The first kappa shape index (κ1) is 28.2. The van der Waals surface area contributed by atoms with Crippen molar-refractivity contribution in [3.8, 4) is 5.88 Å². The fourth-order valence-electron chi connectivity index (χ4n) is 4.66. The Labute approximate surface area is 226 Å². The van der Waals surface area contributed by atoms with Gasteiger partial charge in [-0.25, -0.2) is 28.9 Å². The predicted molar refractivity (Wildman–Crippen MR) is 144 cm³/mol. The van der Waals surface area contributed by atoms with Crippen LogP contribution in [0.1, 0.15) is 19.8 Å². The van der Waals surface area contributed by atoms with Crippen LogP contribution < -0.4 is 26.0 Å². The van der Waals surface area contributed by atoms with Gasteiger partial charge >= 0.3 is 12.1 Å². The molecule has 2 aromatic rings. The van der Waals surface area contributed by atoms with Gasteiger partial charge in [-0.2, -0.15) is 0 Å². The molecule has 0 unspecified atom stereocenters. The third-order valence-electron chi connectivity index (χ3n) is 6.84. The number of ether oxygens (including phenoxy) is 2. The van der Waals surface area contributed by atoms with Crippen LogP contribution in [0.15, 0.2) is 30.7 Å². The first-order valence-electron chi connectivity index (χ1n) is 13.0. The zero-order valence-corrected chi connectivity index (χ0v) is 22.4. The summed E-state index contributed by atoms with van der Waals surface area (Å²) in [4.78, 5) is 43.2. The average Bonchev–Trinajstić information content (AvgIpc) is 2.91. The van der Waals surface area contributed by atoms with E-state index in [4.69, 9.17) is 15.2 Å². The number of likely N-dealkylation sites (N-methyl/N-ethyl adjacent to an activating group) is 2. The Kier molecular flexibility index (Phi) is 9.30. The number of nitrogens with two attached hydrogens (primary N) is 1. The number of carbonyl (C=O) groups is 2. The number of aromatic nitrogens is 3. The molecule has 0 spiro atoms. The highest BCUT2D eigenvalue weighted by Crippen LogP contribution is 2.25. The molecular formula is C25H36FN9O4. The maximum Gasteiger partial charge on any atom is 0.411 e. The largest absolute Gasteiger partial charge is 0.477 e. The molecular weight excluding hydrogens is 509 g/mol. The van der Waals surface area contributed by atoms with E-state index in [0.717, 1.165) is 6.54 Å². The van der Waals surface area contributed by atoms with E-state index in [1.54, 1.807) is 18.3 Å². The van der Waals surface area contributed by atoms with Crippen molar-refractivity contribution in [3.05, 3.63) is 30.7 Å². The number of anilines is 3. The van der Waals surface area contributed by atoms with E-state index in [2.05, 4.69) is 30.5 Å². The average molecular weight is 546 g/mol. The van der Waals surface area contributed by atoms with Gasteiger partial charge in [0, 0.05) is 51.2 Å². The lowest BCUT2D eigenvalue weighted by atomic mass is 10.0. The Hall–Kier alpha value is -3.78. The molecule has 4 heterocycles. The molecule has 2 aromatic heterocycles. The minimum absolute atomic E-state index is 0.209. The van der Waals surface area contributed by atoms with Crippen molar-refractivity contribution in [2.45, 2.75) is 44.1 Å². The van der Waals surface area contributed by atoms with Crippen molar-refractivity contribution in [3.63, 3.8) is 0 Å². The Morgan fingerprint density at radius 2 is 2.00 bits per heavy atom. The summed E-state index contributed by atoms with van der Waals surface area (Å²) in [7, 11) is 3.51. The Bertz CT molecular complexity index is 1120. The molecule has 3 amide bonds. The minimum Gasteiger partial charge on any atom is -0.477 e. The molecule has 212 valence electrons. The lowest BCUT2D eigenvalue weighted by molar-refractivity contribution is 0.0509. The highest BCUT2D eigenvalue weighted by molar-refractivity contribution is 5.88. The topological polar surface area (TPSA) is 151 Å². The molecule has 4 atom stereocenters. The molecule has 39 heavy (non-hydrogen) atoms. The number of amides is 3. The van der Waals surface area contributed by atoms with Crippen LogP contribution in [0.4, 0.5) is 31.3 Å². The van der Waals surface area contributed by atoms with Crippen LogP contribution in [0.2, 0.25) is 0 Å². The number of rotatable bonds is 7. The van der Waals surface area contributed by atoms with Crippen molar-refractivity contribution >= 4 is 29.4 Å². The summed E-state index contributed by atoms with van der Waals surface area (Å²) >= 11 is 0. The van der Waals surface area contributed by atoms with Crippen molar-refractivity contribution in [2.75, 3.05) is 62.4 Å². The number of urea groups is 1. The van der Waals surface area contributed by atoms with E-state index in [-0.39, 0.29) is 30.9 Å². The summed E-state index contributed by atoms with van der Waals surface area (Å²) in [5, 5.41) is 5.37. The number of alkyl halides is 1. The molecule has 13 nitrogen and oxygen atoms in total. The first-order chi connectivity index (χ1) is 18.7. The van der Waals surface area contributed by atoms with E-state index in [1.165, 1.54) is 24.3 Å². The van der Waals surface area contributed by atoms with Gasteiger partial charge in [0.15, 0.2) is 5.82 Å². The van der Waals surface area contributed by atoms with Crippen LogP contribution in [-0.2, 0) is 4.74 Å². The van der Waals surface area contributed by atoms with Gasteiger partial charge in [0.2, 0.25) is 5.88 Å². The third kappa shape index (κ3) is 7.41. The maximum absolute atomic E-state index is 15.0. The maximum atomic E-state index is 15.0. The summed E-state index contributed by atoms with van der Waals surface area (Å²) < 4.78 is 25.8. The lowest BCUT2D eigenvalue weighted by Gasteiger charge is -2.40. The highest BCUT2D eigenvalue weighted by Gasteiger charge is 2.35. The van der Waals surface area contributed by atoms with Crippen LogP contribution in [0.25, 0.3) is 0 Å². The quantitative estimate of drug-likeness (QED) is 0.471. The molecule has 0 radical (unpaired) electrons. The van der Waals surface area contributed by atoms with Crippen LogP contribution >= 0.6 is 0 Å². The molecule has 0 aromatic carbocycles. The Morgan fingerprint density at radius 1 is 1.18 bits per heavy atom. The summed E-state index contributed by atoms with van der Waals surface area (Å²) in [6, 6.07) is 1.85. The smallest absolute Gasteiger partial charge is 0.411 e. The van der Waals surface area contributed by atoms with Gasteiger partial charge in [-0.3, -0.25) is 10.6 Å². The zero-order valence-electron chi connectivity index (χ0n) is 22.4. The second-order valence-electron chi connectivity index (χ2n) is 9.72. The van der Waals surface area contributed by atoms with Gasteiger partial charge in [-0.05, 0) is 32.9 Å². The van der Waals surface area contributed by atoms with Crippen molar-refractivity contribution < 1.29 is 23.5 Å². The lowest BCUT2D eigenvalue weighted by Crippen LogP contribution is -2.55. The first-order valence-corrected chi connectivity index (χ1v) is 13.0. The van der Waals surface area contributed by atoms with E-state index >= 15 is 0 Å². The Balaban J connectivity index is 1.35. The van der Waals surface area contributed by atoms with Crippen LogP contribution in [0.3, 0.4) is 0 Å². The van der Waals surface area contributed by atoms with Crippen LogP contribution in [-0.4, -0.2) is 108 Å². The molecule has 2 aliphatic heterocycles. The summed E-state index contributed by atoms with van der Waals surface area (Å²) in [5.41, 5.74) is 6.62. The monoisotopic (exact) mass is 545 g/mol. The molecule has 14 heteroatoms. The van der Waals surface area contributed by atoms with Gasteiger partial charge in [0.25, 0.3) is 0 Å². The summed E-state index contributed by atoms with van der Waals surface area (Å²) in [5.74, 6) is 1.12. The third-order valence-corrected chi connectivity index (χ3v) is 6.84. The van der Waals surface area contributed by atoms with Gasteiger partial charge in [0.1, 0.15) is 18.1 Å². The fraction of sp³-hybridized carbons (Fsp3) is 0.560. The molecule has 0 saturated carbocycles. The summed E-state index contributed by atoms with van der Waals surface area (Å²) in [6.45, 7) is 4.36. The second-order valence-corrected chi connectivity index (χ2v) is 9.72. The molecule has 0 bridgehead atoms. The molecule has 2 saturated heterocycles. The van der Waals surface area contributed by atoms with Crippen molar-refractivity contribution in [1.29, 1.82) is 0 Å². The van der Waals surface area contributed by atoms with E-state index in [9.17, 15) is 14.0 Å². The number of hydrogen-bond acceptors (Lipinski definition) is 10. The number of nitrogens with zero attached hydrogens (tertiary/aromatic N) is 6. The molecule has 2 fully saturated rings. The normalized spacial score (nSPS) is 23.6. The van der Waals surface area contributed by atoms with Crippen molar-refractivity contribution in [1.82, 2.24) is 24.8 Å². The molecule has 4 N–H and O–H groups in total. The van der Waals surface area contributed by atoms with Gasteiger partial charge in [-0.15, -0.1) is 0 Å². The van der Waals surface area contributed by atoms with Gasteiger partial charge in [-0.1, -0.05) is 0 Å². The summed E-state index contributed by atoms with van der Waals surface area (Å²) in [6.07, 6.45) is 3.05. The fourth-order valence-corrected chi connectivity index (χ4v) is 4.66. The van der Waals surface area contributed by atoms with Crippen LogP contribution in [0, 0.1) is 0 Å². The van der Waals surface area contributed by atoms with E-state index < -0.39 is 24.3 Å². The van der Waals surface area contributed by atoms with E-state index in [0.29, 0.717) is 43.5 Å².